The highest BCUT2D eigenvalue weighted by Crippen LogP contribution is 2.32. The summed E-state index contributed by atoms with van der Waals surface area (Å²) >= 11 is 0. The van der Waals surface area contributed by atoms with E-state index < -0.39 is 11.6 Å². The minimum atomic E-state index is -0.534. The third kappa shape index (κ3) is 3.82. The van der Waals surface area contributed by atoms with Crippen LogP contribution in [0, 0.1) is 25.5 Å². The molecular weight excluding hydrogens is 306 g/mol. The van der Waals surface area contributed by atoms with Crippen molar-refractivity contribution >= 4 is 0 Å². The molecule has 1 unspecified atom stereocenters. The van der Waals surface area contributed by atoms with Crippen LogP contribution >= 0.6 is 0 Å². The van der Waals surface area contributed by atoms with Crippen molar-refractivity contribution in [2.24, 2.45) is 0 Å². The van der Waals surface area contributed by atoms with E-state index in [1.807, 2.05) is 0 Å². The molecule has 1 aliphatic heterocycles. The van der Waals surface area contributed by atoms with Crippen molar-refractivity contribution in [1.82, 2.24) is 10.2 Å². The molecule has 0 bridgehead atoms. The van der Waals surface area contributed by atoms with Crippen LogP contribution in [0.15, 0.2) is 36.4 Å². The zero-order chi connectivity index (χ0) is 17.1. The molecule has 1 aliphatic rings. The van der Waals surface area contributed by atoms with Gasteiger partial charge in [0.2, 0.25) is 0 Å². The van der Waals surface area contributed by atoms with Crippen molar-refractivity contribution in [1.29, 1.82) is 0 Å². The molecule has 2 nitrogen and oxygen atoms in total. The molecule has 3 rings (SSSR count). The Morgan fingerprint density at radius 2 is 1.71 bits per heavy atom. The minimum Gasteiger partial charge on any atom is -0.315 e. The van der Waals surface area contributed by atoms with E-state index >= 15 is 0 Å². The summed E-state index contributed by atoms with van der Waals surface area (Å²) in [6.07, 6.45) is 1.02. The number of hydrogen-bond acceptors (Lipinski definition) is 2. The molecule has 1 atom stereocenters. The van der Waals surface area contributed by atoms with E-state index in [1.54, 1.807) is 6.07 Å². The molecule has 1 saturated heterocycles. The summed E-state index contributed by atoms with van der Waals surface area (Å²) in [5, 5.41) is 3.39. The van der Waals surface area contributed by atoms with Gasteiger partial charge in [-0.2, -0.15) is 0 Å². The van der Waals surface area contributed by atoms with Crippen LogP contribution in [0.25, 0.3) is 0 Å². The van der Waals surface area contributed by atoms with E-state index in [1.165, 1.54) is 6.07 Å². The van der Waals surface area contributed by atoms with Crippen LogP contribution in [0.1, 0.15) is 34.7 Å². The van der Waals surface area contributed by atoms with Gasteiger partial charge < -0.3 is 5.32 Å². The lowest BCUT2D eigenvalue weighted by atomic mass is 9.93. The number of hydrogen-bond donors (Lipinski definition) is 1. The summed E-state index contributed by atoms with van der Waals surface area (Å²) in [4.78, 5) is 2.30. The number of benzene rings is 2. The molecule has 2 aromatic rings. The van der Waals surface area contributed by atoms with Gasteiger partial charge in [-0.15, -0.1) is 0 Å². The summed E-state index contributed by atoms with van der Waals surface area (Å²) in [6.45, 7) is 7.69. The highest BCUT2D eigenvalue weighted by Gasteiger charge is 2.26. The van der Waals surface area contributed by atoms with Crippen LogP contribution in [-0.4, -0.2) is 31.1 Å². The maximum atomic E-state index is 14.6. The number of rotatable bonds is 3. The first-order chi connectivity index (χ1) is 11.5. The van der Waals surface area contributed by atoms with E-state index in [4.69, 9.17) is 0 Å². The Hall–Kier alpha value is -1.78. The fraction of sp³-hybridized carbons (Fsp3) is 0.400. The van der Waals surface area contributed by atoms with Crippen LogP contribution in [-0.2, 0) is 0 Å². The molecular formula is C20H24F2N2. The minimum absolute atomic E-state index is 0.191. The van der Waals surface area contributed by atoms with Crippen LogP contribution in [0.2, 0.25) is 0 Å². The molecule has 128 valence electrons. The van der Waals surface area contributed by atoms with Gasteiger partial charge in [0.25, 0.3) is 0 Å². The Bertz CT molecular complexity index is 687. The van der Waals surface area contributed by atoms with Gasteiger partial charge in [-0.3, -0.25) is 4.90 Å². The summed E-state index contributed by atoms with van der Waals surface area (Å²) < 4.78 is 27.9. The average molecular weight is 330 g/mol. The molecule has 4 heteroatoms. The third-order valence-corrected chi connectivity index (χ3v) is 4.56. The molecule has 1 heterocycles. The van der Waals surface area contributed by atoms with E-state index in [9.17, 15) is 8.78 Å². The Morgan fingerprint density at radius 1 is 0.958 bits per heavy atom. The molecule has 2 aromatic carbocycles. The van der Waals surface area contributed by atoms with Gasteiger partial charge in [0.05, 0.1) is 6.04 Å². The lowest BCUT2D eigenvalue weighted by Crippen LogP contribution is -2.33. The highest BCUT2D eigenvalue weighted by molar-refractivity contribution is 5.37. The van der Waals surface area contributed by atoms with Crippen molar-refractivity contribution in [3.63, 3.8) is 0 Å². The van der Waals surface area contributed by atoms with E-state index in [0.717, 1.165) is 55.4 Å². The van der Waals surface area contributed by atoms with Gasteiger partial charge in [0, 0.05) is 31.3 Å². The first kappa shape index (κ1) is 17.1. The smallest absolute Gasteiger partial charge is 0.131 e. The molecule has 0 radical (unpaired) electrons. The zero-order valence-corrected chi connectivity index (χ0v) is 14.3. The van der Waals surface area contributed by atoms with Crippen LogP contribution in [0.4, 0.5) is 8.78 Å². The molecule has 0 aliphatic carbocycles. The second-order valence-corrected chi connectivity index (χ2v) is 6.63. The fourth-order valence-corrected chi connectivity index (χ4v) is 3.60. The van der Waals surface area contributed by atoms with Gasteiger partial charge in [0.1, 0.15) is 11.6 Å². The first-order valence-electron chi connectivity index (χ1n) is 8.52. The summed E-state index contributed by atoms with van der Waals surface area (Å²) in [5.41, 5.74) is 3.93. The van der Waals surface area contributed by atoms with Crippen molar-refractivity contribution in [2.45, 2.75) is 26.3 Å². The summed E-state index contributed by atoms with van der Waals surface area (Å²) in [5.74, 6) is -1.01. The predicted octanol–water partition coefficient (Wildman–Crippen LogP) is 3.97. The zero-order valence-electron chi connectivity index (χ0n) is 14.3. The second-order valence-electron chi connectivity index (χ2n) is 6.63. The number of halogens is 2. The van der Waals surface area contributed by atoms with Gasteiger partial charge >= 0.3 is 0 Å². The molecule has 0 aromatic heterocycles. The molecule has 0 saturated carbocycles. The van der Waals surface area contributed by atoms with Gasteiger partial charge in [-0.1, -0.05) is 35.4 Å². The average Bonchev–Trinajstić information content (AvgIpc) is 2.78. The Labute approximate surface area is 142 Å². The molecule has 0 amide bonds. The first-order valence-corrected chi connectivity index (χ1v) is 8.52. The summed E-state index contributed by atoms with van der Waals surface area (Å²) in [6, 6.07) is 10.1. The lowest BCUT2D eigenvalue weighted by molar-refractivity contribution is 0.236. The van der Waals surface area contributed by atoms with Crippen molar-refractivity contribution in [2.75, 3.05) is 26.2 Å². The van der Waals surface area contributed by atoms with Crippen molar-refractivity contribution in [3.8, 4) is 0 Å². The molecule has 1 fully saturated rings. The molecule has 0 spiro atoms. The van der Waals surface area contributed by atoms with Gasteiger partial charge in [0.15, 0.2) is 0 Å². The van der Waals surface area contributed by atoms with Crippen molar-refractivity contribution in [3.05, 3.63) is 70.3 Å². The van der Waals surface area contributed by atoms with Crippen molar-refractivity contribution < 1.29 is 8.78 Å². The maximum absolute atomic E-state index is 14.6. The maximum Gasteiger partial charge on any atom is 0.131 e. The van der Waals surface area contributed by atoms with E-state index in [2.05, 4.69) is 42.3 Å². The van der Waals surface area contributed by atoms with E-state index in [0.29, 0.717) is 5.56 Å². The van der Waals surface area contributed by atoms with Gasteiger partial charge in [-0.25, -0.2) is 8.78 Å². The second kappa shape index (κ2) is 7.41. The SMILES string of the molecule is Cc1cc(C)cc(C(c2ccc(F)cc2F)N2CCCNCC2)c1. The molecule has 24 heavy (non-hydrogen) atoms. The lowest BCUT2D eigenvalue weighted by Gasteiger charge is -2.32. The van der Waals surface area contributed by atoms with Crippen LogP contribution in [0.3, 0.4) is 0 Å². The number of nitrogens with zero attached hydrogens (tertiary/aromatic N) is 1. The predicted molar refractivity (Wildman–Crippen MR) is 93.2 cm³/mol. The molecule has 1 N–H and O–H groups in total. The van der Waals surface area contributed by atoms with E-state index in [-0.39, 0.29) is 6.04 Å². The topological polar surface area (TPSA) is 15.3 Å². The largest absolute Gasteiger partial charge is 0.315 e. The number of aryl methyl sites for hydroxylation is 2. The van der Waals surface area contributed by atoms with Crippen LogP contribution < -0.4 is 5.32 Å². The standard InChI is InChI=1S/C20H24F2N2/c1-14-10-15(2)12-16(11-14)20(24-8-3-6-23-7-9-24)18-5-4-17(21)13-19(18)22/h4-5,10-13,20,23H,3,6-9H2,1-2H3. The Balaban J connectivity index is 2.08. The quantitative estimate of drug-likeness (QED) is 0.916. The van der Waals surface area contributed by atoms with Crippen LogP contribution in [0.5, 0.6) is 0 Å². The summed E-state index contributed by atoms with van der Waals surface area (Å²) in [7, 11) is 0. The fourth-order valence-electron chi connectivity index (χ4n) is 3.60. The van der Waals surface area contributed by atoms with Gasteiger partial charge in [-0.05, 0) is 38.4 Å². The monoisotopic (exact) mass is 330 g/mol. The number of nitrogens with one attached hydrogen (secondary N) is 1. The Morgan fingerprint density at radius 3 is 2.42 bits per heavy atom. The Kier molecular flexibility index (Phi) is 5.27. The normalized spacial score (nSPS) is 17.5. The highest BCUT2D eigenvalue weighted by atomic mass is 19.1. The third-order valence-electron chi connectivity index (χ3n) is 4.56.